The molecule has 0 amide bonds. The van der Waals surface area contributed by atoms with Gasteiger partial charge in [0.05, 0.1) is 22.1 Å². The van der Waals surface area contributed by atoms with Crippen molar-refractivity contribution in [3.05, 3.63) is 218 Å². The molecular formula is C57H36N4O. The van der Waals surface area contributed by atoms with Crippen LogP contribution in [-0.4, -0.2) is 19.5 Å². The molecule has 0 fully saturated rings. The van der Waals surface area contributed by atoms with E-state index in [0.717, 1.165) is 88.4 Å². The number of aromatic nitrogens is 4. The maximum atomic E-state index is 6.69. The molecule has 12 rings (SSSR count). The van der Waals surface area contributed by atoms with Crippen LogP contribution >= 0.6 is 0 Å². The third kappa shape index (κ3) is 5.98. The smallest absolute Gasteiger partial charge is 0.166 e. The molecule has 0 bridgehead atoms. The first-order valence-corrected chi connectivity index (χ1v) is 20.9. The van der Waals surface area contributed by atoms with E-state index >= 15 is 0 Å². The van der Waals surface area contributed by atoms with Crippen molar-refractivity contribution in [2.75, 3.05) is 0 Å². The van der Waals surface area contributed by atoms with Crippen LogP contribution < -0.4 is 0 Å². The number of hydrogen-bond acceptors (Lipinski definition) is 4. The number of fused-ring (bicyclic) bond motifs is 7. The second-order valence-corrected chi connectivity index (χ2v) is 15.5. The molecule has 0 aliphatic rings. The van der Waals surface area contributed by atoms with Gasteiger partial charge in [-0.2, -0.15) is 0 Å². The van der Waals surface area contributed by atoms with E-state index in [9.17, 15) is 0 Å². The van der Waals surface area contributed by atoms with Crippen molar-refractivity contribution in [1.29, 1.82) is 0 Å². The number of benzene rings is 9. The van der Waals surface area contributed by atoms with E-state index in [1.807, 2.05) is 48.5 Å². The van der Waals surface area contributed by atoms with Gasteiger partial charge in [0.25, 0.3) is 0 Å². The Kier molecular flexibility index (Phi) is 8.42. The molecule has 0 N–H and O–H groups in total. The third-order valence-electron chi connectivity index (χ3n) is 11.9. The SMILES string of the molecule is c1ccc(-c2nc(-c3ccccc3)nc(-c3cc(-c4ccc(-c5ccccc5)c(-c5ccccc5)c4)ccc3-n3c4ccccc4c4c5oc6ccccc6c5ccc43)n2)cc1. The predicted octanol–water partition coefficient (Wildman–Crippen LogP) is 14.9. The van der Waals surface area contributed by atoms with E-state index < -0.39 is 0 Å². The van der Waals surface area contributed by atoms with Gasteiger partial charge in [0.15, 0.2) is 17.5 Å². The highest BCUT2D eigenvalue weighted by Gasteiger charge is 2.23. The van der Waals surface area contributed by atoms with E-state index in [1.54, 1.807) is 0 Å². The summed E-state index contributed by atoms with van der Waals surface area (Å²) in [5.74, 6) is 1.79. The van der Waals surface area contributed by atoms with Crippen molar-refractivity contribution in [3.8, 4) is 73.2 Å². The van der Waals surface area contributed by atoms with Crippen LogP contribution in [-0.2, 0) is 0 Å². The summed E-state index contributed by atoms with van der Waals surface area (Å²) >= 11 is 0. The van der Waals surface area contributed by atoms with Gasteiger partial charge in [-0.05, 0) is 75.8 Å². The average Bonchev–Trinajstić information content (AvgIpc) is 3.90. The Balaban J connectivity index is 1.15. The summed E-state index contributed by atoms with van der Waals surface area (Å²) in [5.41, 5.74) is 14.3. The molecule has 0 aliphatic carbocycles. The molecule has 0 spiro atoms. The lowest BCUT2D eigenvalue weighted by Crippen LogP contribution is -2.04. The Hall–Kier alpha value is -8.41. The summed E-state index contributed by atoms with van der Waals surface area (Å²) in [6.45, 7) is 0. The van der Waals surface area contributed by atoms with E-state index in [-0.39, 0.29) is 0 Å². The molecule has 12 aromatic rings. The van der Waals surface area contributed by atoms with Gasteiger partial charge in [0.2, 0.25) is 0 Å². The zero-order valence-corrected chi connectivity index (χ0v) is 33.5. The summed E-state index contributed by atoms with van der Waals surface area (Å²) in [4.78, 5) is 15.7. The first kappa shape index (κ1) is 35.5. The van der Waals surface area contributed by atoms with E-state index in [1.165, 1.54) is 11.1 Å². The molecule has 9 aromatic carbocycles. The van der Waals surface area contributed by atoms with Crippen LogP contribution in [0.4, 0.5) is 0 Å². The quantitative estimate of drug-likeness (QED) is 0.161. The minimum Gasteiger partial charge on any atom is -0.455 e. The molecule has 5 nitrogen and oxygen atoms in total. The van der Waals surface area contributed by atoms with E-state index in [4.69, 9.17) is 19.4 Å². The third-order valence-corrected chi connectivity index (χ3v) is 11.9. The summed E-state index contributed by atoms with van der Waals surface area (Å²) in [5, 5.41) is 4.37. The molecule has 5 heteroatoms. The fraction of sp³-hybridized carbons (Fsp3) is 0. The molecule has 62 heavy (non-hydrogen) atoms. The van der Waals surface area contributed by atoms with E-state index in [2.05, 4.69) is 174 Å². The number of nitrogens with zero attached hydrogens (tertiary/aromatic N) is 4. The molecule has 0 saturated heterocycles. The number of furan rings is 1. The Bertz CT molecular complexity index is 3560. The second kappa shape index (κ2) is 14.7. The van der Waals surface area contributed by atoms with Gasteiger partial charge in [0, 0.05) is 32.8 Å². The predicted molar refractivity (Wildman–Crippen MR) is 254 cm³/mol. The molecule has 0 aliphatic heterocycles. The van der Waals surface area contributed by atoms with Crippen molar-refractivity contribution >= 4 is 43.7 Å². The van der Waals surface area contributed by atoms with Gasteiger partial charge in [0.1, 0.15) is 11.2 Å². The molecule has 0 radical (unpaired) electrons. The zero-order valence-electron chi connectivity index (χ0n) is 33.5. The lowest BCUT2D eigenvalue weighted by molar-refractivity contribution is 0.673. The van der Waals surface area contributed by atoms with Crippen LogP contribution in [0.15, 0.2) is 223 Å². The summed E-state index contributed by atoms with van der Waals surface area (Å²) < 4.78 is 9.03. The van der Waals surface area contributed by atoms with Gasteiger partial charge in [-0.1, -0.05) is 176 Å². The van der Waals surface area contributed by atoms with Crippen LogP contribution in [0.5, 0.6) is 0 Å². The van der Waals surface area contributed by atoms with Gasteiger partial charge in [-0.3, -0.25) is 0 Å². The Morgan fingerprint density at radius 2 is 0.839 bits per heavy atom. The monoisotopic (exact) mass is 792 g/mol. The van der Waals surface area contributed by atoms with Gasteiger partial charge >= 0.3 is 0 Å². The molecule has 290 valence electrons. The largest absolute Gasteiger partial charge is 0.455 e. The number of para-hydroxylation sites is 2. The molecular weight excluding hydrogens is 757 g/mol. The van der Waals surface area contributed by atoms with Crippen LogP contribution in [0.3, 0.4) is 0 Å². The minimum absolute atomic E-state index is 0.578. The first-order chi connectivity index (χ1) is 30.7. The molecule has 3 heterocycles. The topological polar surface area (TPSA) is 56.7 Å². The number of hydrogen-bond donors (Lipinski definition) is 0. The molecule has 3 aromatic heterocycles. The summed E-state index contributed by atoms with van der Waals surface area (Å²) in [6.07, 6.45) is 0. The van der Waals surface area contributed by atoms with Gasteiger partial charge < -0.3 is 8.98 Å². The lowest BCUT2D eigenvalue weighted by atomic mass is 9.90. The Labute approximate surface area is 357 Å². The maximum absolute atomic E-state index is 6.69. The molecule has 0 saturated carbocycles. The highest BCUT2D eigenvalue weighted by atomic mass is 16.3. The van der Waals surface area contributed by atoms with Crippen LogP contribution in [0, 0.1) is 0 Å². The van der Waals surface area contributed by atoms with Crippen LogP contribution in [0.2, 0.25) is 0 Å². The standard InChI is InChI=1S/C57H36N4O/c1-5-17-37(18-6-1)43-31-29-41(35-47(43)38-19-7-2-8-20-38)42-30-33-50(48(36-42)57-59-55(39-21-9-3-10-22-39)58-56(60-57)40-23-11-4-12-24-40)61-49-27-15-13-26-46(49)53-51(61)34-32-45-44-25-14-16-28-52(44)62-54(45)53/h1-36H. The van der Waals surface area contributed by atoms with Crippen molar-refractivity contribution in [2.45, 2.75) is 0 Å². The minimum atomic E-state index is 0.578. The highest BCUT2D eigenvalue weighted by molar-refractivity contribution is 6.24. The van der Waals surface area contributed by atoms with Crippen LogP contribution in [0.25, 0.3) is 117 Å². The zero-order chi connectivity index (χ0) is 41.0. The lowest BCUT2D eigenvalue weighted by Gasteiger charge is -2.17. The van der Waals surface area contributed by atoms with Gasteiger partial charge in [-0.15, -0.1) is 0 Å². The number of rotatable bonds is 7. The Morgan fingerprint density at radius 3 is 1.50 bits per heavy atom. The first-order valence-electron chi connectivity index (χ1n) is 20.9. The summed E-state index contributed by atoms with van der Waals surface area (Å²) in [7, 11) is 0. The van der Waals surface area contributed by atoms with E-state index in [0.29, 0.717) is 17.5 Å². The molecule has 0 atom stereocenters. The Morgan fingerprint density at radius 1 is 0.323 bits per heavy atom. The normalized spacial score (nSPS) is 11.5. The van der Waals surface area contributed by atoms with Crippen molar-refractivity contribution in [3.63, 3.8) is 0 Å². The fourth-order valence-corrected chi connectivity index (χ4v) is 8.96. The van der Waals surface area contributed by atoms with Gasteiger partial charge in [-0.25, -0.2) is 15.0 Å². The van der Waals surface area contributed by atoms with Crippen LogP contribution in [0.1, 0.15) is 0 Å². The van der Waals surface area contributed by atoms with Crippen molar-refractivity contribution < 1.29 is 4.42 Å². The molecule has 0 unspecified atom stereocenters. The maximum Gasteiger partial charge on any atom is 0.166 e. The fourth-order valence-electron chi connectivity index (χ4n) is 8.96. The highest BCUT2D eigenvalue weighted by Crippen LogP contribution is 2.43. The van der Waals surface area contributed by atoms with Crippen molar-refractivity contribution in [2.24, 2.45) is 0 Å². The average molecular weight is 793 g/mol. The second-order valence-electron chi connectivity index (χ2n) is 15.5. The van der Waals surface area contributed by atoms with Crippen molar-refractivity contribution in [1.82, 2.24) is 19.5 Å². The summed E-state index contributed by atoms with van der Waals surface area (Å²) in [6, 6.07) is 76.3.